The molecule has 1 aromatic heterocycles. The van der Waals surface area contributed by atoms with Gasteiger partial charge in [0.25, 0.3) is 0 Å². The summed E-state index contributed by atoms with van der Waals surface area (Å²) in [5.41, 5.74) is 2.82. The molecule has 0 aliphatic heterocycles. The summed E-state index contributed by atoms with van der Waals surface area (Å²) >= 11 is 3.34. The Balaban J connectivity index is 2.35. The van der Waals surface area contributed by atoms with Crippen LogP contribution in [0, 0.1) is 6.92 Å². The van der Waals surface area contributed by atoms with Crippen molar-refractivity contribution in [1.82, 2.24) is 4.98 Å². The Bertz CT molecular complexity index is 453. The first-order chi connectivity index (χ1) is 7.66. The second-order valence-corrected chi connectivity index (χ2v) is 4.67. The fraction of sp³-hybridized carbons (Fsp3) is 0.154. The molecule has 0 radical (unpaired) electrons. The maximum Gasteiger partial charge on any atom is 0.106 e. The van der Waals surface area contributed by atoms with Crippen LogP contribution in [-0.4, -0.2) is 10.1 Å². The zero-order valence-corrected chi connectivity index (χ0v) is 10.5. The maximum absolute atomic E-state index is 10.2. The van der Waals surface area contributed by atoms with E-state index in [0.717, 1.165) is 21.2 Å². The molecule has 0 saturated heterocycles. The fourth-order valence-electron chi connectivity index (χ4n) is 1.61. The van der Waals surface area contributed by atoms with Gasteiger partial charge in [0.15, 0.2) is 0 Å². The van der Waals surface area contributed by atoms with E-state index in [2.05, 4.69) is 20.9 Å². The molecule has 0 aliphatic rings. The zero-order chi connectivity index (χ0) is 11.5. The van der Waals surface area contributed by atoms with E-state index in [-0.39, 0.29) is 0 Å². The topological polar surface area (TPSA) is 33.1 Å². The van der Waals surface area contributed by atoms with Gasteiger partial charge in [-0.25, -0.2) is 0 Å². The van der Waals surface area contributed by atoms with Crippen LogP contribution in [0.15, 0.2) is 47.2 Å². The molecular weight excluding hydrogens is 266 g/mol. The van der Waals surface area contributed by atoms with Gasteiger partial charge in [-0.2, -0.15) is 0 Å². The molecule has 0 amide bonds. The van der Waals surface area contributed by atoms with Crippen LogP contribution >= 0.6 is 15.9 Å². The Morgan fingerprint density at radius 1 is 1.19 bits per heavy atom. The summed E-state index contributed by atoms with van der Waals surface area (Å²) in [6.07, 6.45) is 2.76. The van der Waals surface area contributed by atoms with Crippen LogP contribution in [0.5, 0.6) is 0 Å². The van der Waals surface area contributed by atoms with Crippen LogP contribution in [0.4, 0.5) is 0 Å². The molecule has 3 heteroatoms. The first kappa shape index (κ1) is 11.3. The highest BCUT2D eigenvalue weighted by molar-refractivity contribution is 9.10. The summed E-state index contributed by atoms with van der Waals surface area (Å²) < 4.78 is 0.872. The van der Waals surface area contributed by atoms with E-state index in [4.69, 9.17) is 0 Å². The molecule has 2 nitrogen and oxygen atoms in total. The summed E-state index contributed by atoms with van der Waals surface area (Å²) in [4.78, 5) is 4.05. The van der Waals surface area contributed by atoms with Gasteiger partial charge in [-0.05, 0) is 34.5 Å². The van der Waals surface area contributed by atoms with Crippen molar-refractivity contribution in [2.45, 2.75) is 13.0 Å². The molecule has 1 heterocycles. The molecule has 1 N–H and O–H groups in total. The van der Waals surface area contributed by atoms with Crippen LogP contribution in [-0.2, 0) is 0 Å². The van der Waals surface area contributed by atoms with Crippen molar-refractivity contribution >= 4 is 15.9 Å². The van der Waals surface area contributed by atoms with Crippen LogP contribution in [0.25, 0.3) is 0 Å². The van der Waals surface area contributed by atoms with E-state index in [1.807, 2.05) is 37.3 Å². The average Bonchev–Trinajstić information content (AvgIpc) is 2.28. The minimum Gasteiger partial charge on any atom is -0.384 e. The van der Waals surface area contributed by atoms with Crippen LogP contribution in [0.3, 0.4) is 0 Å². The highest BCUT2D eigenvalue weighted by atomic mass is 79.9. The number of hydrogen-bond donors (Lipinski definition) is 1. The Morgan fingerprint density at radius 3 is 2.69 bits per heavy atom. The maximum atomic E-state index is 10.2. The van der Waals surface area contributed by atoms with Crippen molar-refractivity contribution in [3.8, 4) is 0 Å². The minimum absolute atomic E-state index is 0.620. The number of benzene rings is 1. The van der Waals surface area contributed by atoms with Crippen LogP contribution in [0.1, 0.15) is 22.8 Å². The summed E-state index contributed by atoms with van der Waals surface area (Å²) in [5.74, 6) is 0. The van der Waals surface area contributed by atoms with E-state index in [0.29, 0.717) is 0 Å². The first-order valence-electron chi connectivity index (χ1n) is 5.02. The number of pyridine rings is 1. The van der Waals surface area contributed by atoms with Crippen molar-refractivity contribution in [3.63, 3.8) is 0 Å². The number of hydrogen-bond acceptors (Lipinski definition) is 2. The largest absolute Gasteiger partial charge is 0.384 e. The number of aliphatic hydroxyl groups excluding tert-OH is 1. The second-order valence-electron chi connectivity index (χ2n) is 3.75. The molecule has 0 bridgehead atoms. The van der Waals surface area contributed by atoms with Gasteiger partial charge in [-0.15, -0.1) is 0 Å². The van der Waals surface area contributed by atoms with Gasteiger partial charge in [0.05, 0.1) is 0 Å². The van der Waals surface area contributed by atoms with E-state index in [1.165, 1.54) is 0 Å². The van der Waals surface area contributed by atoms with Crippen LogP contribution in [0.2, 0.25) is 0 Å². The predicted octanol–water partition coefficient (Wildman–Crippen LogP) is 3.23. The Morgan fingerprint density at radius 2 is 2.00 bits per heavy atom. The fourth-order valence-corrected chi connectivity index (χ4v) is 1.99. The molecule has 0 spiro atoms. The number of aryl methyl sites for hydroxylation is 1. The third-order valence-electron chi connectivity index (χ3n) is 2.40. The number of nitrogens with zero attached hydrogens (tertiary/aromatic N) is 1. The first-order valence-corrected chi connectivity index (χ1v) is 5.81. The van der Waals surface area contributed by atoms with Crippen molar-refractivity contribution < 1.29 is 5.11 Å². The van der Waals surface area contributed by atoms with Gasteiger partial charge < -0.3 is 5.11 Å². The lowest BCUT2D eigenvalue weighted by Gasteiger charge is -2.11. The quantitative estimate of drug-likeness (QED) is 0.914. The molecule has 2 rings (SSSR count). The molecule has 16 heavy (non-hydrogen) atoms. The lowest BCUT2D eigenvalue weighted by molar-refractivity contribution is 0.219. The zero-order valence-electron chi connectivity index (χ0n) is 8.89. The summed E-state index contributed by atoms with van der Waals surface area (Å²) in [5, 5.41) is 10.2. The lowest BCUT2D eigenvalue weighted by atomic mass is 10.0. The standard InChI is InChI=1S/C13H12BrNO/c1-9-3-2-4-10(5-9)13(16)11-6-12(14)8-15-7-11/h2-8,13,16H,1H3. The molecule has 2 aromatic rings. The Kier molecular flexibility index (Phi) is 3.36. The van der Waals surface area contributed by atoms with E-state index >= 15 is 0 Å². The lowest BCUT2D eigenvalue weighted by Crippen LogP contribution is -2.00. The highest BCUT2D eigenvalue weighted by Gasteiger charge is 2.10. The van der Waals surface area contributed by atoms with E-state index < -0.39 is 6.10 Å². The molecule has 0 aliphatic carbocycles. The van der Waals surface area contributed by atoms with Crippen molar-refractivity contribution in [3.05, 3.63) is 63.9 Å². The smallest absolute Gasteiger partial charge is 0.106 e. The van der Waals surface area contributed by atoms with Gasteiger partial charge >= 0.3 is 0 Å². The third kappa shape index (κ3) is 2.49. The van der Waals surface area contributed by atoms with Gasteiger partial charge in [0, 0.05) is 22.4 Å². The van der Waals surface area contributed by atoms with Gasteiger partial charge in [0.1, 0.15) is 6.10 Å². The number of aromatic nitrogens is 1. The number of rotatable bonds is 2. The predicted molar refractivity (Wildman–Crippen MR) is 67.2 cm³/mol. The van der Waals surface area contributed by atoms with E-state index in [1.54, 1.807) is 12.4 Å². The normalized spacial score (nSPS) is 12.4. The minimum atomic E-state index is -0.620. The summed E-state index contributed by atoms with van der Waals surface area (Å²) in [6.45, 7) is 2.01. The van der Waals surface area contributed by atoms with E-state index in [9.17, 15) is 5.11 Å². The number of halogens is 1. The molecule has 1 unspecified atom stereocenters. The molecule has 1 atom stereocenters. The monoisotopic (exact) mass is 277 g/mol. The van der Waals surface area contributed by atoms with Crippen LogP contribution < -0.4 is 0 Å². The van der Waals surface area contributed by atoms with Crippen molar-refractivity contribution in [2.24, 2.45) is 0 Å². The molecule has 0 fully saturated rings. The van der Waals surface area contributed by atoms with Gasteiger partial charge in [-0.3, -0.25) is 4.98 Å². The second kappa shape index (κ2) is 4.76. The van der Waals surface area contributed by atoms with Crippen molar-refractivity contribution in [2.75, 3.05) is 0 Å². The molecule has 1 aromatic carbocycles. The van der Waals surface area contributed by atoms with Crippen molar-refractivity contribution in [1.29, 1.82) is 0 Å². The Labute approximate surface area is 103 Å². The molecule has 82 valence electrons. The molecular formula is C13H12BrNO. The number of aliphatic hydroxyl groups is 1. The SMILES string of the molecule is Cc1cccc(C(O)c2cncc(Br)c2)c1. The summed E-state index contributed by atoms with van der Waals surface area (Å²) in [6, 6.07) is 9.72. The van der Waals surface area contributed by atoms with Gasteiger partial charge in [0.2, 0.25) is 0 Å². The highest BCUT2D eigenvalue weighted by Crippen LogP contribution is 2.23. The van der Waals surface area contributed by atoms with Gasteiger partial charge in [-0.1, -0.05) is 29.8 Å². The summed E-state index contributed by atoms with van der Waals surface area (Å²) in [7, 11) is 0. The third-order valence-corrected chi connectivity index (χ3v) is 2.83. The Hall–Kier alpha value is -1.19. The molecule has 0 saturated carbocycles. The average molecular weight is 278 g/mol.